The minimum atomic E-state index is 0.442. The monoisotopic (exact) mass is 239 g/mol. The Hall–Kier alpha value is -0.0400. The van der Waals surface area contributed by atoms with Crippen LogP contribution in [0, 0.1) is 17.3 Å². The molecule has 1 unspecified atom stereocenters. The topological polar surface area (TPSA) is 26.0 Å². The molecule has 1 heteroatoms. The second-order valence-corrected chi connectivity index (χ2v) is 7.33. The van der Waals surface area contributed by atoms with Gasteiger partial charge in [0.05, 0.1) is 0 Å². The largest absolute Gasteiger partial charge is 0.327 e. The van der Waals surface area contributed by atoms with Gasteiger partial charge in [-0.3, -0.25) is 0 Å². The van der Waals surface area contributed by atoms with Crippen molar-refractivity contribution >= 4 is 0 Å². The van der Waals surface area contributed by atoms with Crippen molar-refractivity contribution in [3.8, 4) is 0 Å². The number of rotatable bonds is 5. The van der Waals surface area contributed by atoms with Gasteiger partial charge in [-0.05, 0) is 42.9 Å². The zero-order chi connectivity index (χ0) is 12.9. The molecule has 1 saturated carbocycles. The maximum atomic E-state index is 6.38. The third kappa shape index (κ3) is 5.90. The van der Waals surface area contributed by atoms with Gasteiger partial charge in [0.15, 0.2) is 0 Å². The summed E-state index contributed by atoms with van der Waals surface area (Å²) in [5.41, 5.74) is 6.82. The van der Waals surface area contributed by atoms with E-state index in [0.717, 1.165) is 11.8 Å². The number of hydrogen-bond donors (Lipinski definition) is 1. The summed E-state index contributed by atoms with van der Waals surface area (Å²) in [5, 5.41) is 0. The molecule has 0 aromatic rings. The molecule has 0 aliphatic heterocycles. The maximum Gasteiger partial charge on any atom is 0.00673 e. The molecule has 102 valence electrons. The quantitative estimate of drug-likeness (QED) is 0.736. The van der Waals surface area contributed by atoms with Gasteiger partial charge >= 0.3 is 0 Å². The first kappa shape index (κ1) is 15.0. The van der Waals surface area contributed by atoms with Crippen molar-refractivity contribution in [2.45, 2.75) is 85.1 Å². The molecule has 0 radical (unpaired) electrons. The highest BCUT2D eigenvalue weighted by Crippen LogP contribution is 2.34. The van der Waals surface area contributed by atoms with E-state index in [4.69, 9.17) is 5.73 Å². The van der Waals surface area contributed by atoms with Crippen LogP contribution in [0.1, 0.15) is 79.1 Å². The summed E-state index contributed by atoms with van der Waals surface area (Å²) in [6, 6.07) is 0.455. The summed E-state index contributed by atoms with van der Waals surface area (Å²) in [6.07, 6.45) is 10.9. The van der Waals surface area contributed by atoms with Crippen LogP contribution in [0.5, 0.6) is 0 Å². The third-order valence-electron chi connectivity index (χ3n) is 4.42. The van der Waals surface area contributed by atoms with E-state index in [-0.39, 0.29) is 0 Å². The van der Waals surface area contributed by atoms with E-state index < -0.39 is 0 Å². The van der Waals surface area contributed by atoms with Crippen molar-refractivity contribution in [2.24, 2.45) is 23.0 Å². The van der Waals surface area contributed by atoms with Gasteiger partial charge in [0.25, 0.3) is 0 Å². The fraction of sp³-hybridized carbons (Fsp3) is 1.00. The highest BCUT2D eigenvalue weighted by molar-refractivity contribution is 4.81. The molecule has 1 aliphatic rings. The summed E-state index contributed by atoms with van der Waals surface area (Å²) in [7, 11) is 0. The Kier molecular flexibility index (Phi) is 5.99. The van der Waals surface area contributed by atoms with E-state index in [1.165, 1.54) is 51.4 Å². The predicted octanol–water partition coefficient (Wildman–Crippen LogP) is 4.75. The molecule has 1 aliphatic carbocycles. The molecule has 0 aromatic carbocycles. The van der Waals surface area contributed by atoms with Crippen molar-refractivity contribution in [2.75, 3.05) is 0 Å². The van der Waals surface area contributed by atoms with Crippen LogP contribution in [0.25, 0.3) is 0 Å². The van der Waals surface area contributed by atoms with Gasteiger partial charge in [0.2, 0.25) is 0 Å². The molecule has 1 atom stereocenters. The van der Waals surface area contributed by atoms with Crippen LogP contribution in [-0.2, 0) is 0 Å². The summed E-state index contributed by atoms with van der Waals surface area (Å²) in [5.74, 6) is 1.82. The minimum absolute atomic E-state index is 0.442. The van der Waals surface area contributed by atoms with Crippen LogP contribution < -0.4 is 5.73 Å². The fourth-order valence-corrected chi connectivity index (χ4v) is 3.15. The molecule has 1 rings (SSSR count). The average molecular weight is 239 g/mol. The first-order valence-electron chi connectivity index (χ1n) is 7.68. The van der Waals surface area contributed by atoms with Crippen LogP contribution in [0.3, 0.4) is 0 Å². The number of nitrogens with two attached hydrogens (primary N) is 1. The van der Waals surface area contributed by atoms with Gasteiger partial charge < -0.3 is 5.73 Å². The third-order valence-corrected chi connectivity index (χ3v) is 4.42. The van der Waals surface area contributed by atoms with Crippen LogP contribution in [0.15, 0.2) is 0 Å². The highest BCUT2D eigenvalue weighted by atomic mass is 14.7. The molecule has 1 nitrogen and oxygen atoms in total. The van der Waals surface area contributed by atoms with Crippen LogP contribution >= 0.6 is 0 Å². The SMILES string of the molecule is CCCC1CCC(C(N)CCC(C)(C)C)CC1. The van der Waals surface area contributed by atoms with Gasteiger partial charge in [-0.2, -0.15) is 0 Å². The standard InChI is InChI=1S/C16H33N/c1-5-6-13-7-9-14(10-8-13)15(17)11-12-16(2,3)4/h13-15H,5-12,17H2,1-4H3. The molecule has 17 heavy (non-hydrogen) atoms. The smallest absolute Gasteiger partial charge is 0.00673 e. The Morgan fingerprint density at radius 3 is 2.18 bits per heavy atom. The van der Waals surface area contributed by atoms with Gasteiger partial charge in [-0.1, -0.05) is 53.4 Å². The summed E-state index contributed by atoms with van der Waals surface area (Å²) >= 11 is 0. The Morgan fingerprint density at radius 2 is 1.71 bits per heavy atom. The lowest BCUT2D eigenvalue weighted by Crippen LogP contribution is -2.34. The van der Waals surface area contributed by atoms with E-state index in [9.17, 15) is 0 Å². The van der Waals surface area contributed by atoms with Crippen LogP contribution in [0.2, 0.25) is 0 Å². The zero-order valence-corrected chi connectivity index (χ0v) is 12.5. The normalized spacial score (nSPS) is 28.1. The van der Waals surface area contributed by atoms with Crippen molar-refractivity contribution in [3.63, 3.8) is 0 Å². The van der Waals surface area contributed by atoms with E-state index in [1.807, 2.05) is 0 Å². The van der Waals surface area contributed by atoms with Gasteiger partial charge in [0.1, 0.15) is 0 Å². The molecule has 0 amide bonds. The first-order valence-corrected chi connectivity index (χ1v) is 7.68. The minimum Gasteiger partial charge on any atom is -0.327 e. The zero-order valence-electron chi connectivity index (χ0n) is 12.5. The van der Waals surface area contributed by atoms with Crippen LogP contribution in [-0.4, -0.2) is 6.04 Å². The molecule has 0 spiro atoms. The Morgan fingerprint density at radius 1 is 1.12 bits per heavy atom. The molecule has 0 heterocycles. The highest BCUT2D eigenvalue weighted by Gasteiger charge is 2.25. The molecule has 0 saturated heterocycles. The van der Waals surface area contributed by atoms with E-state index >= 15 is 0 Å². The van der Waals surface area contributed by atoms with Crippen molar-refractivity contribution in [1.82, 2.24) is 0 Å². The lowest BCUT2D eigenvalue weighted by molar-refractivity contribution is 0.215. The van der Waals surface area contributed by atoms with E-state index in [2.05, 4.69) is 27.7 Å². The van der Waals surface area contributed by atoms with E-state index in [1.54, 1.807) is 0 Å². The maximum absolute atomic E-state index is 6.38. The number of hydrogen-bond acceptors (Lipinski definition) is 1. The summed E-state index contributed by atoms with van der Waals surface area (Å²) < 4.78 is 0. The Balaban J connectivity index is 2.23. The lowest BCUT2D eigenvalue weighted by atomic mass is 9.75. The van der Waals surface area contributed by atoms with Crippen molar-refractivity contribution < 1.29 is 0 Å². The average Bonchev–Trinajstić information content (AvgIpc) is 2.26. The van der Waals surface area contributed by atoms with Gasteiger partial charge in [-0.15, -0.1) is 0 Å². The van der Waals surface area contributed by atoms with E-state index in [0.29, 0.717) is 11.5 Å². The van der Waals surface area contributed by atoms with Crippen LogP contribution in [0.4, 0.5) is 0 Å². The first-order chi connectivity index (χ1) is 7.92. The van der Waals surface area contributed by atoms with Crippen molar-refractivity contribution in [1.29, 1.82) is 0 Å². The molecule has 0 aromatic heterocycles. The fourth-order valence-electron chi connectivity index (χ4n) is 3.15. The van der Waals surface area contributed by atoms with Gasteiger partial charge in [-0.25, -0.2) is 0 Å². The Bertz CT molecular complexity index is 196. The van der Waals surface area contributed by atoms with Gasteiger partial charge in [0, 0.05) is 6.04 Å². The molecular formula is C16H33N. The summed E-state index contributed by atoms with van der Waals surface area (Å²) in [4.78, 5) is 0. The second-order valence-electron chi connectivity index (χ2n) is 7.33. The molecule has 0 bridgehead atoms. The van der Waals surface area contributed by atoms with Crippen molar-refractivity contribution in [3.05, 3.63) is 0 Å². The molecule has 1 fully saturated rings. The molecular weight excluding hydrogens is 206 g/mol. The second kappa shape index (κ2) is 6.78. The predicted molar refractivity (Wildman–Crippen MR) is 77.0 cm³/mol. The lowest BCUT2D eigenvalue weighted by Gasteiger charge is -2.33. The summed E-state index contributed by atoms with van der Waals surface area (Å²) in [6.45, 7) is 9.26. The Labute approximate surface area is 109 Å². The molecule has 2 N–H and O–H groups in total.